The maximum Gasteiger partial charge on any atom is 0.354 e. The number of benzene rings is 1. The van der Waals surface area contributed by atoms with Gasteiger partial charge in [0.25, 0.3) is 5.91 Å². The fourth-order valence-corrected chi connectivity index (χ4v) is 1.39. The number of nitrogens with zero attached hydrogens (tertiary/aromatic N) is 1. The third-order valence-corrected chi connectivity index (χ3v) is 2.25. The van der Waals surface area contributed by atoms with Crippen LogP contribution in [-0.2, 0) is 0 Å². The van der Waals surface area contributed by atoms with Crippen LogP contribution in [0, 0.1) is 11.6 Å². The number of carboxylic acid groups (broad SMARTS) is 1. The third kappa shape index (κ3) is 2.57. The molecule has 1 aromatic carbocycles. The van der Waals surface area contributed by atoms with Gasteiger partial charge in [-0.05, 0) is 12.1 Å². The number of nitrogens with one attached hydrogen (secondary N) is 2. The van der Waals surface area contributed by atoms with Gasteiger partial charge in [-0.15, -0.1) is 0 Å². The smallest absolute Gasteiger partial charge is 0.354 e. The lowest BCUT2D eigenvalue weighted by Gasteiger charge is -2.04. The number of hydrogen-bond acceptors (Lipinski definition) is 3. The molecule has 8 heteroatoms. The van der Waals surface area contributed by atoms with E-state index in [1.165, 1.54) is 0 Å². The predicted octanol–water partition coefficient (Wildman–Crippen LogP) is 1.64. The number of halogens is 2. The average molecular weight is 267 g/mol. The number of H-pyrrole nitrogens is 1. The van der Waals surface area contributed by atoms with Crippen molar-refractivity contribution in [2.45, 2.75) is 0 Å². The minimum atomic E-state index is -1.35. The first-order valence-corrected chi connectivity index (χ1v) is 5.02. The molecule has 0 spiro atoms. The highest BCUT2D eigenvalue weighted by atomic mass is 19.2. The van der Waals surface area contributed by atoms with Crippen LogP contribution >= 0.6 is 0 Å². The van der Waals surface area contributed by atoms with Crippen molar-refractivity contribution in [3.05, 3.63) is 47.5 Å². The van der Waals surface area contributed by atoms with Crippen molar-refractivity contribution in [3.8, 4) is 0 Å². The zero-order valence-electron chi connectivity index (χ0n) is 9.28. The average Bonchev–Trinajstić information content (AvgIpc) is 2.83. The summed E-state index contributed by atoms with van der Waals surface area (Å²) in [6.45, 7) is 0. The Balaban J connectivity index is 2.23. The number of aromatic amines is 1. The Labute approximate surface area is 105 Å². The predicted molar refractivity (Wildman–Crippen MR) is 59.9 cm³/mol. The number of amides is 1. The molecule has 0 aliphatic carbocycles. The summed E-state index contributed by atoms with van der Waals surface area (Å²) >= 11 is 0. The molecule has 19 heavy (non-hydrogen) atoms. The van der Waals surface area contributed by atoms with Crippen molar-refractivity contribution < 1.29 is 23.5 Å². The van der Waals surface area contributed by atoms with E-state index in [4.69, 9.17) is 5.11 Å². The summed E-state index contributed by atoms with van der Waals surface area (Å²) in [5, 5.41) is 11.0. The van der Waals surface area contributed by atoms with Crippen LogP contribution in [0.25, 0.3) is 0 Å². The van der Waals surface area contributed by atoms with Crippen LogP contribution in [0.3, 0.4) is 0 Å². The van der Waals surface area contributed by atoms with Gasteiger partial charge in [-0.1, -0.05) is 0 Å². The summed E-state index contributed by atoms with van der Waals surface area (Å²) in [5.41, 5.74) is -0.749. The normalized spacial score (nSPS) is 10.2. The summed E-state index contributed by atoms with van der Waals surface area (Å²) in [6.07, 6.45) is 1.05. The maximum atomic E-state index is 12.9. The summed E-state index contributed by atoms with van der Waals surface area (Å²) in [7, 11) is 0. The molecule has 0 atom stereocenters. The second kappa shape index (κ2) is 4.84. The SMILES string of the molecule is O=C(Nc1ccc(F)c(F)c1)c1nc[nH]c1C(=O)O. The molecular formula is C11H7F2N3O3. The van der Waals surface area contributed by atoms with Crippen LogP contribution in [0.1, 0.15) is 21.0 Å². The van der Waals surface area contributed by atoms with E-state index in [9.17, 15) is 18.4 Å². The van der Waals surface area contributed by atoms with Crippen molar-refractivity contribution in [3.63, 3.8) is 0 Å². The van der Waals surface area contributed by atoms with E-state index in [0.29, 0.717) is 0 Å². The van der Waals surface area contributed by atoms with Crippen molar-refractivity contribution in [2.75, 3.05) is 5.32 Å². The van der Waals surface area contributed by atoms with E-state index in [1.807, 2.05) is 0 Å². The number of rotatable bonds is 3. The molecule has 3 N–H and O–H groups in total. The Morgan fingerprint density at radius 3 is 2.63 bits per heavy atom. The van der Waals surface area contributed by atoms with E-state index >= 15 is 0 Å². The number of carbonyl (C=O) groups excluding carboxylic acids is 1. The minimum absolute atomic E-state index is 0.0109. The topological polar surface area (TPSA) is 95.1 Å². The third-order valence-electron chi connectivity index (χ3n) is 2.25. The zero-order chi connectivity index (χ0) is 14.0. The number of hydrogen-bond donors (Lipinski definition) is 3. The van der Waals surface area contributed by atoms with E-state index in [0.717, 1.165) is 24.5 Å². The molecule has 2 aromatic rings. The Kier molecular flexibility index (Phi) is 3.23. The summed E-state index contributed by atoms with van der Waals surface area (Å²) in [5.74, 6) is -4.38. The quantitative estimate of drug-likeness (QED) is 0.787. The highest BCUT2D eigenvalue weighted by Crippen LogP contribution is 2.14. The van der Waals surface area contributed by atoms with Gasteiger partial charge in [-0.25, -0.2) is 18.6 Å². The first-order chi connectivity index (χ1) is 8.99. The lowest BCUT2D eigenvalue weighted by molar-refractivity contribution is 0.0686. The van der Waals surface area contributed by atoms with Gasteiger partial charge in [0, 0.05) is 11.8 Å². The summed E-state index contributed by atoms with van der Waals surface area (Å²) in [4.78, 5) is 28.3. The molecule has 0 aliphatic heterocycles. The van der Waals surface area contributed by atoms with Gasteiger partial charge in [-0.2, -0.15) is 0 Å². The molecule has 0 aliphatic rings. The fraction of sp³-hybridized carbons (Fsp3) is 0. The molecule has 0 radical (unpaired) electrons. The molecule has 98 valence electrons. The molecule has 1 aromatic heterocycles. The second-order valence-electron chi connectivity index (χ2n) is 3.51. The molecular weight excluding hydrogens is 260 g/mol. The summed E-state index contributed by atoms with van der Waals surface area (Å²) < 4.78 is 25.6. The minimum Gasteiger partial charge on any atom is -0.477 e. The van der Waals surface area contributed by atoms with E-state index in [1.54, 1.807) is 0 Å². The maximum absolute atomic E-state index is 12.9. The van der Waals surface area contributed by atoms with Gasteiger partial charge in [0.05, 0.1) is 6.33 Å². The van der Waals surface area contributed by atoms with Crippen molar-refractivity contribution in [1.82, 2.24) is 9.97 Å². The molecule has 6 nitrogen and oxygen atoms in total. The van der Waals surface area contributed by atoms with Crippen LogP contribution in [0.15, 0.2) is 24.5 Å². The fourth-order valence-electron chi connectivity index (χ4n) is 1.39. The van der Waals surface area contributed by atoms with Crippen molar-refractivity contribution in [1.29, 1.82) is 0 Å². The van der Waals surface area contributed by atoms with Crippen LogP contribution in [0.2, 0.25) is 0 Å². The first-order valence-electron chi connectivity index (χ1n) is 5.02. The second-order valence-corrected chi connectivity index (χ2v) is 3.51. The molecule has 0 fully saturated rings. The lowest BCUT2D eigenvalue weighted by atomic mass is 10.2. The van der Waals surface area contributed by atoms with Gasteiger partial charge in [-0.3, -0.25) is 4.79 Å². The Morgan fingerprint density at radius 1 is 1.26 bits per heavy atom. The lowest BCUT2D eigenvalue weighted by Crippen LogP contribution is -2.16. The van der Waals surface area contributed by atoms with E-state index in [2.05, 4.69) is 15.3 Å². The number of anilines is 1. The molecule has 1 amide bonds. The highest BCUT2D eigenvalue weighted by molar-refractivity contribution is 6.08. The zero-order valence-corrected chi connectivity index (χ0v) is 9.28. The highest BCUT2D eigenvalue weighted by Gasteiger charge is 2.19. The Morgan fingerprint density at radius 2 is 2.00 bits per heavy atom. The number of imidazole rings is 1. The molecule has 1 heterocycles. The Bertz CT molecular complexity index is 654. The Hall–Kier alpha value is -2.77. The van der Waals surface area contributed by atoms with Crippen LogP contribution < -0.4 is 5.32 Å². The van der Waals surface area contributed by atoms with Crippen LogP contribution in [-0.4, -0.2) is 27.0 Å². The standard InChI is InChI=1S/C11H7F2N3O3/c12-6-2-1-5(3-7(6)13)16-10(17)8-9(11(18)19)15-4-14-8/h1-4H,(H,14,15)(H,16,17)(H,18,19). The monoisotopic (exact) mass is 267 g/mol. The van der Waals surface area contributed by atoms with Crippen molar-refractivity contribution >= 4 is 17.6 Å². The van der Waals surface area contributed by atoms with Crippen molar-refractivity contribution in [2.24, 2.45) is 0 Å². The van der Waals surface area contributed by atoms with Crippen LogP contribution in [0.4, 0.5) is 14.5 Å². The number of aromatic nitrogens is 2. The van der Waals surface area contributed by atoms with Gasteiger partial charge >= 0.3 is 5.97 Å². The van der Waals surface area contributed by atoms with Gasteiger partial charge < -0.3 is 15.4 Å². The number of carboxylic acids is 1. The van der Waals surface area contributed by atoms with E-state index < -0.39 is 23.5 Å². The van der Waals surface area contributed by atoms with Gasteiger partial charge in [0.15, 0.2) is 23.0 Å². The summed E-state index contributed by atoms with van der Waals surface area (Å²) in [6, 6.07) is 2.76. The van der Waals surface area contributed by atoms with Crippen LogP contribution in [0.5, 0.6) is 0 Å². The molecule has 0 unspecified atom stereocenters. The van der Waals surface area contributed by atoms with Gasteiger partial charge in [0.2, 0.25) is 0 Å². The number of aromatic carboxylic acids is 1. The molecule has 0 saturated heterocycles. The molecule has 0 bridgehead atoms. The molecule has 2 rings (SSSR count). The number of carbonyl (C=O) groups is 2. The van der Waals surface area contributed by atoms with E-state index in [-0.39, 0.29) is 17.1 Å². The first kappa shape index (κ1) is 12.7. The largest absolute Gasteiger partial charge is 0.477 e. The molecule has 0 saturated carbocycles. The van der Waals surface area contributed by atoms with Gasteiger partial charge in [0.1, 0.15) is 0 Å².